The van der Waals surface area contributed by atoms with Crippen LogP contribution in [0.4, 0.5) is 4.79 Å². The zero-order valence-corrected chi connectivity index (χ0v) is 15.1. The minimum Gasteiger partial charge on any atom is -0.454 e. The number of nitrogens with one attached hydrogen (secondary N) is 2. The third-order valence-corrected chi connectivity index (χ3v) is 5.16. The molecule has 1 heterocycles. The van der Waals surface area contributed by atoms with Gasteiger partial charge in [-0.2, -0.15) is 0 Å². The van der Waals surface area contributed by atoms with Crippen molar-refractivity contribution in [2.75, 3.05) is 13.2 Å². The third kappa shape index (κ3) is 4.49. The van der Waals surface area contributed by atoms with Gasteiger partial charge in [0, 0.05) is 6.04 Å². The number of ether oxygens (including phenoxy) is 1. The Labute approximate surface area is 147 Å². The molecule has 25 heavy (non-hydrogen) atoms. The second kappa shape index (κ2) is 7.84. The number of esters is 1. The van der Waals surface area contributed by atoms with Gasteiger partial charge in [0.1, 0.15) is 12.1 Å². The van der Waals surface area contributed by atoms with E-state index in [1.165, 1.54) is 6.42 Å². The summed E-state index contributed by atoms with van der Waals surface area (Å²) in [6.07, 6.45) is 4.68. The van der Waals surface area contributed by atoms with Crippen molar-refractivity contribution in [2.45, 2.75) is 64.5 Å². The standard InChI is InChI=1S/C17H27N3O5/c1-4-17(3)15(23)20(16(24)19-17)9-14(22)25-10-13(21)18-12-8-6-5-7-11(12)2/h11-12H,4-10H2,1-3H3,(H,18,21)(H,19,24)/t11-,12-,17+/m0/s1. The van der Waals surface area contributed by atoms with E-state index < -0.39 is 36.6 Å². The van der Waals surface area contributed by atoms with Crippen molar-refractivity contribution in [3.63, 3.8) is 0 Å². The smallest absolute Gasteiger partial charge is 0.326 e. The lowest BCUT2D eigenvalue weighted by Gasteiger charge is -2.29. The quantitative estimate of drug-likeness (QED) is 0.546. The van der Waals surface area contributed by atoms with Crippen LogP contribution in [0.5, 0.6) is 0 Å². The highest BCUT2D eigenvalue weighted by atomic mass is 16.5. The van der Waals surface area contributed by atoms with Gasteiger partial charge in [-0.15, -0.1) is 0 Å². The highest BCUT2D eigenvalue weighted by Gasteiger charge is 2.47. The lowest BCUT2D eigenvalue weighted by Crippen LogP contribution is -2.44. The lowest BCUT2D eigenvalue weighted by atomic mass is 9.86. The molecule has 2 N–H and O–H groups in total. The summed E-state index contributed by atoms with van der Waals surface area (Å²) in [7, 11) is 0. The van der Waals surface area contributed by atoms with Crippen LogP contribution in [0.25, 0.3) is 0 Å². The zero-order valence-electron chi connectivity index (χ0n) is 15.1. The van der Waals surface area contributed by atoms with Crippen molar-refractivity contribution >= 4 is 23.8 Å². The Morgan fingerprint density at radius 1 is 1.32 bits per heavy atom. The van der Waals surface area contributed by atoms with E-state index in [9.17, 15) is 19.2 Å². The van der Waals surface area contributed by atoms with Crippen LogP contribution < -0.4 is 10.6 Å². The van der Waals surface area contributed by atoms with Gasteiger partial charge in [-0.25, -0.2) is 4.79 Å². The Balaban J connectivity index is 1.78. The molecule has 2 aliphatic rings. The molecule has 0 aromatic carbocycles. The Morgan fingerprint density at radius 2 is 2.00 bits per heavy atom. The summed E-state index contributed by atoms with van der Waals surface area (Å²) in [5.41, 5.74) is -0.994. The van der Waals surface area contributed by atoms with Gasteiger partial charge in [0.05, 0.1) is 0 Å². The SMILES string of the molecule is CC[C@@]1(C)NC(=O)N(CC(=O)OCC(=O)N[C@H]2CCCC[C@@H]2C)C1=O. The summed E-state index contributed by atoms with van der Waals surface area (Å²) in [6.45, 7) is 4.58. The van der Waals surface area contributed by atoms with Crippen LogP contribution in [0, 0.1) is 5.92 Å². The fourth-order valence-electron chi connectivity index (χ4n) is 3.23. The van der Waals surface area contributed by atoms with E-state index in [-0.39, 0.29) is 11.9 Å². The first-order valence-electron chi connectivity index (χ1n) is 8.86. The summed E-state index contributed by atoms with van der Waals surface area (Å²) < 4.78 is 4.92. The van der Waals surface area contributed by atoms with Crippen molar-refractivity contribution in [3.8, 4) is 0 Å². The molecule has 140 valence electrons. The minimum absolute atomic E-state index is 0.108. The number of carbonyl (C=O) groups is 4. The van der Waals surface area contributed by atoms with E-state index in [1.54, 1.807) is 13.8 Å². The van der Waals surface area contributed by atoms with Gasteiger partial charge >= 0.3 is 12.0 Å². The molecule has 0 aromatic rings. The van der Waals surface area contributed by atoms with Crippen molar-refractivity contribution < 1.29 is 23.9 Å². The number of hydrogen-bond donors (Lipinski definition) is 2. The molecule has 8 nitrogen and oxygen atoms in total. The molecule has 2 fully saturated rings. The molecule has 0 aromatic heterocycles. The third-order valence-electron chi connectivity index (χ3n) is 5.16. The first-order valence-corrected chi connectivity index (χ1v) is 8.86. The van der Waals surface area contributed by atoms with Crippen LogP contribution in [0.3, 0.4) is 0 Å². The Morgan fingerprint density at radius 3 is 2.60 bits per heavy atom. The Bertz CT molecular complexity index is 564. The van der Waals surface area contributed by atoms with Crippen molar-refractivity contribution in [3.05, 3.63) is 0 Å². The normalized spacial score (nSPS) is 29.3. The average molecular weight is 353 g/mol. The van der Waals surface area contributed by atoms with Gasteiger partial charge in [-0.3, -0.25) is 19.3 Å². The maximum Gasteiger partial charge on any atom is 0.326 e. The molecule has 2 rings (SSSR count). The molecule has 1 aliphatic heterocycles. The van der Waals surface area contributed by atoms with Crippen molar-refractivity contribution in [1.29, 1.82) is 0 Å². The predicted molar refractivity (Wildman–Crippen MR) is 89.5 cm³/mol. The topological polar surface area (TPSA) is 105 Å². The van der Waals surface area contributed by atoms with Crippen LogP contribution in [0.1, 0.15) is 52.9 Å². The second-order valence-corrected chi connectivity index (χ2v) is 7.10. The molecular formula is C17H27N3O5. The van der Waals surface area contributed by atoms with E-state index in [4.69, 9.17) is 4.74 Å². The van der Waals surface area contributed by atoms with Gasteiger partial charge < -0.3 is 15.4 Å². The fourth-order valence-corrected chi connectivity index (χ4v) is 3.23. The summed E-state index contributed by atoms with van der Waals surface area (Å²) in [6, 6.07) is -0.511. The van der Waals surface area contributed by atoms with Gasteiger partial charge in [0.25, 0.3) is 11.8 Å². The van der Waals surface area contributed by atoms with Crippen LogP contribution in [0.15, 0.2) is 0 Å². The van der Waals surface area contributed by atoms with E-state index >= 15 is 0 Å². The number of rotatable bonds is 6. The average Bonchev–Trinajstić information content (AvgIpc) is 2.79. The highest BCUT2D eigenvalue weighted by Crippen LogP contribution is 2.23. The first kappa shape index (κ1) is 19.2. The molecule has 3 atom stereocenters. The van der Waals surface area contributed by atoms with Crippen LogP contribution >= 0.6 is 0 Å². The number of urea groups is 1. The number of nitrogens with zero attached hydrogens (tertiary/aromatic N) is 1. The molecule has 0 bridgehead atoms. The summed E-state index contributed by atoms with van der Waals surface area (Å²) >= 11 is 0. The molecule has 1 saturated carbocycles. The Hall–Kier alpha value is -2.12. The van der Waals surface area contributed by atoms with Gasteiger partial charge in [-0.1, -0.05) is 26.7 Å². The van der Waals surface area contributed by atoms with E-state index in [2.05, 4.69) is 17.6 Å². The summed E-state index contributed by atoms with van der Waals surface area (Å²) in [5.74, 6) is -1.19. The maximum absolute atomic E-state index is 12.2. The molecular weight excluding hydrogens is 326 g/mol. The molecule has 4 amide bonds. The van der Waals surface area contributed by atoms with Gasteiger partial charge in [-0.05, 0) is 32.1 Å². The molecule has 0 radical (unpaired) electrons. The first-order chi connectivity index (χ1) is 11.8. The van der Waals surface area contributed by atoms with Gasteiger partial charge in [0.15, 0.2) is 6.61 Å². The lowest BCUT2D eigenvalue weighted by molar-refractivity contribution is -0.151. The number of amides is 4. The molecule has 8 heteroatoms. The molecule has 0 spiro atoms. The van der Waals surface area contributed by atoms with Gasteiger partial charge in [0.2, 0.25) is 0 Å². The summed E-state index contributed by atoms with van der Waals surface area (Å²) in [5, 5.41) is 5.44. The van der Waals surface area contributed by atoms with Crippen LogP contribution in [-0.2, 0) is 19.1 Å². The van der Waals surface area contributed by atoms with E-state index in [1.807, 2.05) is 0 Å². The maximum atomic E-state index is 12.2. The predicted octanol–water partition coefficient (Wildman–Crippen LogP) is 0.945. The molecule has 1 saturated heterocycles. The number of hydrogen-bond acceptors (Lipinski definition) is 5. The molecule has 1 aliphatic carbocycles. The largest absolute Gasteiger partial charge is 0.454 e. The van der Waals surface area contributed by atoms with Crippen LogP contribution in [0.2, 0.25) is 0 Å². The highest BCUT2D eigenvalue weighted by molar-refractivity contribution is 6.08. The number of imide groups is 1. The van der Waals surface area contributed by atoms with Crippen molar-refractivity contribution in [2.24, 2.45) is 5.92 Å². The molecule has 0 unspecified atom stereocenters. The number of carbonyl (C=O) groups excluding carboxylic acids is 4. The monoisotopic (exact) mass is 353 g/mol. The zero-order chi connectivity index (χ0) is 18.6. The Kier molecular flexibility index (Phi) is 6.02. The fraction of sp³-hybridized carbons (Fsp3) is 0.765. The summed E-state index contributed by atoms with van der Waals surface area (Å²) in [4.78, 5) is 48.7. The van der Waals surface area contributed by atoms with Crippen molar-refractivity contribution in [1.82, 2.24) is 15.5 Å². The van der Waals surface area contributed by atoms with E-state index in [0.717, 1.165) is 24.2 Å². The minimum atomic E-state index is -0.994. The van der Waals surface area contributed by atoms with Crippen LogP contribution in [-0.4, -0.2) is 53.4 Å². The van der Waals surface area contributed by atoms with E-state index in [0.29, 0.717) is 12.3 Å². The second-order valence-electron chi connectivity index (χ2n) is 7.10.